The summed E-state index contributed by atoms with van der Waals surface area (Å²) in [4.78, 5) is 0. The zero-order chi connectivity index (χ0) is 24.6. The van der Waals surface area contributed by atoms with Crippen molar-refractivity contribution >= 4 is 12.2 Å². The van der Waals surface area contributed by atoms with E-state index in [0.717, 1.165) is 40.5 Å². The standard InChI is InChI=1S/C33H32O2/c1-5-9-30-24(3)11-7-13-32(30)34-28-19-15-26(16-20-28)23-27-17-21-29(22-18-27)35-33-14-8-12-25(4)31(33)10-6-2/h5-22H,23H2,1-4H3. The maximum absolute atomic E-state index is 6.18. The first-order valence-corrected chi connectivity index (χ1v) is 12.1. The molecule has 0 aliphatic rings. The van der Waals surface area contributed by atoms with Gasteiger partial charge in [0.15, 0.2) is 0 Å². The minimum Gasteiger partial charge on any atom is -0.457 e. The molecule has 4 aromatic carbocycles. The zero-order valence-corrected chi connectivity index (χ0v) is 20.9. The topological polar surface area (TPSA) is 18.5 Å². The highest BCUT2D eigenvalue weighted by Gasteiger charge is 2.07. The quantitative estimate of drug-likeness (QED) is 0.261. The summed E-state index contributed by atoms with van der Waals surface area (Å²) in [6.45, 7) is 8.24. The number of hydrogen-bond donors (Lipinski definition) is 0. The molecule has 0 aliphatic carbocycles. The first kappa shape index (κ1) is 24.1. The van der Waals surface area contributed by atoms with E-state index in [0.29, 0.717) is 0 Å². The Hall–Kier alpha value is -4.04. The second kappa shape index (κ2) is 11.4. The van der Waals surface area contributed by atoms with Crippen molar-refractivity contribution in [3.05, 3.63) is 130 Å². The Morgan fingerprint density at radius 2 is 0.943 bits per heavy atom. The summed E-state index contributed by atoms with van der Waals surface area (Å²) in [5.41, 5.74) is 7.10. The van der Waals surface area contributed by atoms with Crippen LogP contribution in [0.25, 0.3) is 12.2 Å². The van der Waals surface area contributed by atoms with E-state index in [1.807, 2.05) is 74.5 Å². The Morgan fingerprint density at radius 1 is 0.543 bits per heavy atom. The number of allylic oxidation sites excluding steroid dienone is 2. The van der Waals surface area contributed by atoms with Crippen molar-refractivity contribution in [3.63, 3.8) is 0 Å². The molecule has 0 unspecified atom stereocenters. The van der Waals surface area contributed by atoms with E-state index >= 15 is 0 Å². The molecule has 0 radical (unpaired) electrons. The summed E-state index contributed by atoms with van der Waals surface area (Å²) in [6, 6.07) is 28.9. The molecule has 0 atom stereocenters. The van der Waals surface area contributed by atoms with Crippen molar-refractivity contribution in [2.24, 2.45) is 0 Å². The fraction of sp³-hybridized carbons (Fsp3) is 0.152. The molecule has 0 amide bonds. The van der Waals surface area contributed by atoms with Gasteiger partial charge in [-0.3, -0.25) is 0 Å². The molecule has 2 nitrogen and oxygen atoms in total. The molecule has 0 aromatic heterocycles. The lowest BCUT2D eigenvalue weighted by Crippen LogP contribution is -1.93. The minimum absolute atomic E-state index is 0.837. The minimum atomic E-state index is 0.837. The van der Waals surface area contributed by atoms with Gasteiger partial charge in [0.1, 0.15) is 23.0 Å². The van der Waals surface area contributed by atoms with Crippen LogP contribution in [0, 0.1) is 13.8 Å². The molecule has 0 spiro atoms. The fourth-order valence-corrected chi connectivity index (χ4v) is 4.09. The van der Waals surface area contributed by atoms with Crippen LogP contribution in [0.5, 0.6) is 23.0 Å². The highest BCUT2D eigenvalue weighted by molar-refractivity contribution is 5.62. The predicted octanol–water partition coefficient (Wildman–Crippen LogP) is 9.55. The molecule has 0 N–H and O–H groups in total. The summed E-state index contributed by atoms with van der Waals surface area (Å²) < 4.78 is 12.4. The van der Waals surface area contributed by atoms with Crippen LogP contribution in [0.3, 0.4) is 0 Å². The van der Waals surface area contributed by atoms with Gasteiger partial charge in [-0.25, -0.2) is 0 Å². The number of rotatable bonds is 8. The first-order valence-electron chi connectivity index (χ1n) is 12.1. The molecule has 4 aromatic rings. The molecule has 0 aliphatic heterocycles. The molecule has 0 saturated heterocycles. The number of ether oxygens (including phenoxy) is 2. The van der Waals surface area contributed by atoms with Crippen molar-refractivity contribution in [1.82, 2.24) is 0 Å². The van der Waals surface area contributed by atoms with E-state index in [1.165, 1.54) is 22.3 Å². The summed E-state index contributed by atoms with van der Waals surface area (Å²) in [5.74, 6) is 3.42. The molecule has 4 rings (SSSR count). The van der Waals surface area contributed by atoms with Gasteiger partial charge in [0, 0.05) is 11.1 Å². The van der Waals surface area contributed by atoms with Crippen molar-refractivity contribution < 1.29 is 9.47 Å². The van der Waals surface area contributed by atoms with Crippen LogP contribution in [-0.4, -0.2) is 0 Å². The second-order valence-corrected chi connectivity index (χ2v) is 8.64. The highest BCUT2D eigenvalue weighted by atomic mass is 16.5. The lowest BCUT2D eigenvalue weighted by Gasteiger charge is -2.12. The third-order valence-corrected chi connectivity index (χ3v) is 5.95. The summed E-state index contributed by atoms with van der Waals surface area (Å²) in [6.07, 6.45) is 9.11. The maximum Gasteiger partial charge on any atom is 0.134 e. The Kier molecular flexibility index (Phi) is 7.84. The van der Waals surface area contributed by atoms with Crippen molar-refractivity contribution in [2.45, 2.75) is 34.1 Å². The molecule has 0 bridgehead atoms. The van der Waals surface area contributed by atoms with Gasteiger partial charge < -0.3 is 9.47 Å². The Morgan fingerprint density at radius 3 is 1.31 bits per heavy atom. The average molecular weight is 461 g/mol. The number of aryl methyl sites for hydroxylation is 2. The van der Waals surface area contributed by atoms with E-state index in [-0.39, 0.29) is 0 Å². The van der Waals surface area contributed by atoms with Crippen LogP contribution in [-0.2, 0) is 6.42 Å². The Bertz CT molecular complexity index is 1220. The third kappa shape index (κ3) is 6.10. The molecule has 0 fully saturated rings. The van der Waals surface area contributed by atoms with Crippen LogP contribution >= 0.6 is 0 Å². The maximum atomic E-state index is 6.18. The summed E-state index contributed by atoms with van der Waals surface area (Å²) >= 11 is 0. The van der Waals surface area contributed by atoms with Gasteiger partial charge in [0.2, 0.25) is 0 Å². The second-order valence-electron chi connectivity index (χ2n) is 8.64. The number of benzene rings is 4. The normalized spacial score (nSPS) is 11.3. The average Bonchev–Trinajstić information content (AvgIpc) is 2.86. The van der Waals surface area contributed by atoms with Gasteiger partial charge >= 0.3 is 0 Å². The van der Waals surface area contributed by atoms with Crippen LogP contribution in [0.15, 0.2) is 97.1 Å². The molecule has 176 valence electrons. The molecular weight excluding hydrogens is 428 g/mol. The Labute approximate surface area is 209 Å². The van der Waals surface area contributed by atoms with Crippen molar-refractivity contribution in [1.29, 1.82) is 0 Å². The molecule has 2 heteroatoms. The van der Waals surface area contributed by atoms with E-state index in [1.54, 1.807) is 0 Å². The van der Waals surface area contributed by atoms with Gasteiger partial charge in [0.05, 0.1) is 0 Å². The van der Waals surface area contributed by atoms with Gasteiger partial charge in [-0.1, -0.05) is 72.8 Å². The van der Waals surface area contributed by atoms with Gasteiger partial charge in [0.25, 0.3) is 0 Å². The largest absolute Gasteiger partial charge is 0.457 e. The van der Waals surface area contributed by atoms with E-state index in [9.17, 15) is 0 Å². The third-order valence-electron chi connectivity index (χ3n) is 5.95. The molecule has 0 saturated carbocycles. The van der Waals surface area contributed by atoms with Crippen LogP contribution < -0.4 is 9.47 Å². The molecule has 35 heavy (non-hydrogen) atoms. The van der Waals surface area contributed by atoms with E-state index in [4.69, 9.17) is 9.47 Å². The Balaban J connectivity index is 1.42. The molecule has 0 heterocycles. The highest BCUT2D eigenvalue weighted by Crippen LogP contribution is 2.31. The zero-order valence-electron chi connectivity index (χ0n) is 20.9. The van der Waals surface area contributed by atoms with Gasteiger partial charge in [-0.05, 0) is 92.8 Å². The lowest BCUT2D eigenvalue weighted by molar-refractivity contribution is 0.481. The van der Waals surface area contributed by atoms with Gasteiger partial charge in [-0.2, -0.15) is 0 Å². The fourth-order valence-electron chi connectivity index (χ4n) is 4.09. The first-order chi connectivity index (χ1) is 17.1. The van der Waals surface area contributed by atoms with Crippen LogP contribution in [0.2, 0.25) is 0 Å². The monoisotopic (exact) mass is 460 g/mol. The van der Waals surface area contributed by atoms with Crippen molar-refractivity contribution in [3.8, 4) is 23.0 Å². The van der Waals surface area contributed by atoms with E-state index < -0.39 is 0 Å². The lowest BCUT2D eigenvalue weighted by atomic mass is 10.0. The SMILES string of the molecule is CC=Cc1c(C)cccc1Oc1ccc(Cc2ccc(Oc3cccc(C)c3C=CC)cc2)cc1. The summed E-state index contributed by atoms with van der Waals surface area (Å²) in [7, 11) is 0. The van der Waals surface area contributed by atoms with Crippen LogP contribution in [0.4, 0.5) is 0 Å². The smallest absolute Gasteiger partial charge is 0.134 e. The van der Waals surface area contributed by atoms with Crippen LogP contribution in [0.1, 0.15) is 47.2 Å². The summed E-state index contributed by atoms with van der Waals surface area (Å²) in [5, 5.41) is 0. The molecular formula is C33H32O2. The van der Waals surface area contributed by atoms with E-state index in [2.05, 4.69) is 62.4 Å². The number of hydrogen-bond acceptors (Lipinski definition) is 2. The predicted molar refractivity (Wildman–Crippen MR) is 148 cm³/mol. The van der Waals surface area contributed by atoms with Gasteiger partial charge in [-0.15, -0.1) is 0 Å². The van der Waals surface area contributed by atoms with Crippen molar-refractivity contribution in [2.75, 3.05) is 0 Å².